The van der Waals surface area contributed by atoms with Gasteiger partial charge in [0.2, 0.25) is 0 Å². The summed E-state index contributed by atoms with van der Waals surface area (Å²) < 4.78 is 2.09. The largest absolute Gasteiger partial charge is 0.316 e. The Kier molecular flexibility index (Phi) is 4.43. The zero-order valence-corrected chi connectivity index (χ0v) is 13.1. The molecule has 4 heteroatoms. The summed E-state index contributed by atoms with van der Waals surface area (Å²) >= 11 is 0. The summed E-state index contributed by atoms with van der Waals surface area (Å²) in [6, 6.07) is 2.60. The van der Waals surface area contributed by atoms with E-state index in [1.807, 2.05) is 6.07 Å². The number of rotatable bonds is 6. The minimum Gasteiger partial charge on any atom is -0.316 e. The lowest BCUT2D eigenvalue weighted by Crippen LogP contribution is -2.34. The topological polar surface area (TPSA) is 46.9 Å². The first-order chi connectivity index (χ1) is 10.2. The van der Waals surface area contributed by atoms with Crippen LogP contribution in [0.4, 0.5) is 0 Å². The number of aromatic nitrogens is 2. The third-order valence-electron chi connectivity index (χ3n) is 5.27. The van der Waals surface area contributed by atoms with Crippen LogP contribution in [0, 0.1) is 5.41 Å². The molecular weight excluding hydrogens is 262 g/mol. The zero-order valence-electron chi connectivity index (χ0n) is 13.1. The maximum Gasteiger partial charge on any atom is 0.146 e. The lowest BCUT2D eigenvalue weighted by molar-refractivity contribution is -0.127. The van der Waals surface area contributed by atoms with Crippen LogP contribution in [0.5, 0.6) is 0 Å². The number of nitrogens with zero attached hydrogens (tertiary/aromatic N) is 2. The first-order valence-electron chi connectivity index (χ1n) is 8.51. The van der Waals surface area contributed by atoms with Crippen molar-refractivity contribution in [3.05, 3.63) is 18.0 Å². The first-order valence-corrected chi connectivity index (χ1v) is 8.51. The molecule has 0 bridgehead atoms. The maximum absolute atomic E-state index is 12.8. The Bertz CT molecular complexity index is 482. The lowest BCUT2D eigenvalue weighted by Gasteiger charge is -2.25. The van der Waals surface area contributed by atoms with E-state index < -0.39 is 0 Å². The van der Waals surface area contributed by atoms with Crippen LogP contribution in [0.25, 0.3) is 0 Å². The average Bonchev–Trinajstić information content (AvgIpc) is 3.20. The van der Waals surface area contributed by atoms with E-state index in [4.69, 9.17) is 0 Å². The SMILES string of the molecule is CCCC1(C(=O)Cc2ccn(C3CCCC3)n2)CCNC1. The van der Waals surface area contributed by atoms with E-state index in [9.17, 15) is 4.79 Å². The Morgan fingerprint density at radius 3 is 2.95 bits per heavy atom. The summed E-state index contributed by atoms with van der Waals surface area (Å²) in [7, 11) is 0. The molecule has 0 spiro atoms. The van der Waals surface area contributed by atoms with E-state index in [1.54, 1.807) is 0 Å². The Morgan fingerprint density at radius 2 is 2.29 bits per heavy atom. The fourth-order valence-corrected chi connectivity index (χ4v) is 4.01. The molecule has 21 heavy (non-hydrogen) atoms. The quantitative estimate of drug-likeness (QED) is 0.876. The van der Waals surface area contributed by atoms with Gasteiger partial charge in [-0.2, -0.15) is 5.10 Å². The smallest absolute Gasteiger partial charge is 0.146 e. The molecule has 1 aromatic heterocycles. The summed E-state index contributed by atoms with van der Waals surface area (Å²) in [6.45, 7) is 3.99. The summed E-state index contributed by atoms with van der Waals surface area (Å²) in [4.78, 5) is 12.8. The average molecular weight is 289 g/mol. The summed E-state index contributed by atoms with van der Waals surface area (Å²) in [5.74, 6) is 0.381. The second kappa shape index (κ2) is 6.30. The highest BCUT2D eigenvalue weighted by atomic mass is 16.1. The van der Waals surface area contributed by atoms with Crippen LogP contribution in [0.3, 0.4) is 0 Å². The van der Waals surface area contributed by atoms with Crippen molar-refractivity contribution >= 4 is 5.78 Å². The Labute approximate surface area is 127 Å². The first kappa shape index (κ1) is 14.8. The van der Waals surface area contributed by atoms with Crippen molar-refractivity contribution in [1.82, 2.24) is 15.1 Å². The van der Waals surface area contributed by atoms with Crippen molar-refractivity contribution in [3.8, 4) is 0 Å². The van der Waals surface area contributed by atoms with Crippen molar-refractivity contribution in [2.75, 3.05) is 13.1 Å². The van der Waals surface area contributed by atoms with Crippen LogP contribution in [-0.4, -0.2) is 28.7 Å². The maximum atomic E-state index is 12.8. The van der Waals surface area contributed by atoms with Gasteiger partial charge in [-0.15, -0.1) is 0 Å². The molecule has 1 saturated heterocycles. The van der Waals surface area contributed by atoms with E-state index in [0.29, 0.717) is 18.2 Å². The molecule has 1 atom stereocenters. The number of nitrogens with one attached hydrogen (secondary N) is 1. The number of carbonyl (C=O) groups is 1. The Hall–Kier alpha value is -1.16. The molecule has 0 radical (unpaired) electrons. The van der Waals surface area contributed by atoms with Crippen LogP contribution in [0.1, 0.15) is 63.6 Å². The number of hydrogen-bond acceptors (Lipinski definition) is 3. The zero-order chi connectivity index (χ0) is 14.7. The van der Waals surface area contributed by atoms with E-state index in [0.717, 1.165) is 38.0 Å². The van der Waals surface area contributed by atoms with Crippen molar-refractivity contribution in [2.45, 2.75) is 64.3 Å². The number of hydrogen-bond donors (Lipinski definition) is 1. The molecule has 3 rings (SSSR count). The van der Waals surface area contributed by atoms with Gasteiger partial charge in [-0.1, -0.05) is 26.2 Å². The highest BCUT2D eigenvalue weighted by Gasteiger charge is 2.39. The highest BCUT2D eigenvalue weighted by Crippen LogP contribution is 2.33. The second-order valence-electron chi connectivity index (χ2n) is 6.78. The molecule has 1 saturated carbocycles. The highest BCUT2D eigenvalue weighted by molar-refractivity contribution is 5.87. The lowest BCUT2D eigenvalue weighted by atomic mass is 9.77. The van der Waals surface area contributed by atoms with Crippen molar-refractivity contribution in [1.29, 1.82) is 0 Å². The van der Waals surface area contributed by atoms with Gasteiger partial charge in [0.15, 0.2) is 0 Å². The minimum atomic E-state index is -0.133. The Balaban J connectivity index is 1.66. The van der Waals surface area contributed by atoms with Gasteiger partial charge in [0, 0.05) is 18.2 Å². The molecule has 0 amide bonds. The van der Waals surface area contributed by atoms with Gasteiger partial charge >= 0.3 is 0 Å². The molecule has 2 aliphatic rings. The second-order valence-corrected chi connectivity index (χ2v) is 6.78. The van der Waals surface area contributed by atoms with Gasteiger partial charge in [-0.3, -0.25) is 9.48 Å². The fourth-order valence-electron chi connectivity index (χ4n) is 4.01. The van der Waals surface area contributed by atoms with Gasteiger partial charge in [0.05, 0.1) is 18.2 Å². The van der Waals surface area contributed by atoms with E-state index in [1.165, 1.54) is 25.7 Å². The fraction of sp³-hybridized carbons (Fsp3) is 0.765. The van der Waals surface area contributed by atoms with Crippen LogP contribution in [-0.2, 0) is 11.2 Å². The standard InChI is InChI=1S/C17H27N3O/c1-2-8-17(9-10-18-13-17)16(21)12-14-7-11-20(19-14)15-5-3-4-6-15/h7,11,15,18H,2-6,8-10,12-13H2,1H3. The molecule has 1 aromatic rings. The molecule has 2 heterocycles. The van der Waals surface area contributed by atoms with E-state index in [-0.39, 0.29) is 5.41 Å². The summed E-state index contributed by atoms with van der Waals surface area (Å²) in [5.41, 5.74) is 0.820. The van der Waals surface area contributed by atoms with Crippen molar-refractivity contribution < 1.29 is 4.79 Å². The normalized spacial score (nSPS) is 26.5. The van der Waals surface area contributed by atoms with Gasteiger partial charge < -0.3 is 5.32 Å². The van der Waals surface area contributed by atoms with Gasteiger partial charge in [-0.05, 0) is 38.3 Å². The predicted molar refractivity (Wildman–Crippen MR) is 83.3 cm³/mol. The Morgan fingerprint density at radius 1 is 1.48 bits per heavy atom. The molecule has 4 nitrogen and oxygen atoms in total. The van der Waals surface area contributed by atoms with E-state index in [2.05, 4.69) is 28.2 Å². The monoisotopic (exact) mass is 289 g/mol. The number of Topliss-reactive ketones (excluding diaryl/α,β-unsaturated/α-hetero) is 1. The van der Waals surface area contributed by atoms with Gasteiger partial charge in [0.25, 0.3) is 0 Å². The minimum absolute atomic E-state index is 0.133. The van der Waals surface area contributed by atoms with Gasteiger partial charge in [-0.25, -0.2) is 0 Å². The molecule has 1 N–H and O–H groups in total. The van der Waals surface area contributed by atoms with Crippen molar-refractivity contribution in [2.24, 2.45) is 5.41 Å². The van der Waals surface area contributed by atoms with Crippen LogP contribution < -0.4 is 5.32 Å². The molecule has 2 fully saturated rings. The third-order valence-corrected chi connectivity index (χ3v) is 5.27. The summed E-state index contributed by atoms with van der Waals surface area (Å²) in [5, 5.41) is 8.04. The molecular formula is C17H27N3O. The van der Waals surface area contributed by atoms with Crippen LogP contribution >= 0.6 is 0 Å². The molecule has 1 unspecified atom stereocenters. The molecule has 1 aliphatic heterocycles. The molecule has 116 valence electrons. The number of carbonyl (C=O) groups excluding carboxylic acids is 1. The molecule has 1 aliphatic carbocycles. The number of ketones is 1. The van der Waals surface area contributed by atoms with E-state index >= 15 is 0 Å². The summed E-state index contributed by atoms with van der Waals surface area (Å²) in [6.07, 6.45) is 10.7. The molecule has 0 aromatic carbocycles. The van der Waals surface area contributed by atoms with Crippen LogP contribution in [0.15, 0.2) is 12.3 Å². The van der Waals surface area contributed by atoms with Crippen LogP contribution in [0.2, 0.25) is 0 Å². The van der Waals surface area contributed by atoms with Crippen molar-refractivity contribution in [3.63, 3.8) is 0 Å². The third kappa shape index (κ3) is 3.05. The predicted octanol–water partition coefficient (Wildman–Crippen LogP) is 2.89. The van der Waals surface area contributed by atoms with Gasteiger partial charge in [0.1, 0.15) is 5.78 Å².